The minimum atomic E-state index is -0.687. The summed E-state index contributed by atoms with van der Waals surface area (Å²) in [5, 5.41) is 6.05. The van der Waals surface area contributed by atoms with Gasteiger partial charge in [-0.3, -0.25) is 0 Å². The molecule has 0 aliphatic carbocycles. The number of ether oxygens (including phenoxy) is 4. The van der Waals surface area contributed by atoms with E-state index >= 15 is 0 Å². The summed E-state index contributed by atoms with van der Waals surface area (Å²) >= 11 is 0. The smallest absolute Gasteiger partial charge is 0.346 e. The van der Waals surface area contributed by atoms with Crippen LogP contribution in [0.2, 0.25) is 0 Å². The van der Waals surface area contributed by atoms with Crippen molar-refractivity contribution in [1.29, 1.82) is 0 Å². The SMILES string of the molecule is O=C(Oc1ccc(OC(=O)c2ccc3cc4cc5c(cc4cc3c2)C(=O)OC5=O)cc1)c1ccc2cc3cc4c(cc3cc2c1)C(=O)OC4=O. The molecule has 0 radical (unpaired) electrons. The quantitative estimate of drug-likeness (QED) is 0.0816. The minimum absolute atomic E-state index is 0.205. The fourth-order valence-electron chi connectivity index (χ4n) is 6.32. The zero-order chi connectivity index (χ0) is 34.3. The molecule has 0 saturated heterocycles. The maximum absolute atomic E-state index is 13.0. The van der Waals surface area contributed by atoms with Crippen LogP contribution in [0.3, 0.4) is 0 Å². The van der Waals surface area contributed by atoms with Gasteiger partial charge in [-0.1, -0.05) is 12.1 Å². The molecule has 0 spiro atoms. The van der Waals surface area contributed by atoms with E-state index in [1.165, 1.54) is 24.3 Å². The van der Waals surface area contributed by atoms with E-state index in [4.69, 9.17) is 18.9 Å². The molecule has 10 nitrogen and oxygen atoms in total. The van der Waals surface area contributed by atoms with Gasteiger partial charge in [-0.25, -0.2) is 28.8 Å². The molecule has 0 bridgehead atoms. The first-order valence-electron chi connectivity index (χ1n) is 15.3. The number of rotatable bonds is 4. The summed E-state index contributed by atoms with van der Waals surface area (Å²) in [7, 11) is 0. The Labute approximate surface area is 280 Å². The summed E-state index contributed by atoms with van der Waals surface area (Å²) in [6, 6.07) is 30.0. The monoisotopic (exact) mass is 658 g/mol. The van der Waals surface area contributed by atoms with Crippen LogP contribution in [0.5, 0.6) is 11.5 Å². The average Bonchev–Trinajstić information content (AvgIpc) is 3.55. The van der Waals surface area contributed by atoms with Crippen molar-refractivity contribution in [2.75, 3.05) is 0 Å². The van der Waals surface area contributed by atoms with E-state index in [0.29, 0.717) is 21.9 Å². The molecule has 2 heterocycles. The summed E-state index contributed by atoms with van der Waals surface area (Å²) in [5.41, 5.74) is 1.46. The van der Waals surface area contributed by atoms with Gasteiger partial charge in [0.15, 0.2) is 0 Å². The lowest BCUT2D eigenvalue weighted by atomic mass is 9.98. The average molecular weight is 659 g/mol. The Morgan fingerprint density at radius 3 is 1.00 bits per heavy atom. The Morgan fingerprint density at radius 2 is 0.660 bits per heavy atom. The zero-order valence-corrected chi connectivity index (χ0v) is 25.5. The van der Waals surface area contributed by atoms with Crippen molar-refractivity contribution < 1.29 is 47.7 Å². The van der Waals surface area contributed by atoms with Gasteiger partial charge in [0.05, 0.1) is 33.4 Å². The third-order valence-corrected chi connectivity index (χ3v) is 8.83. The summed E-state index contributed by atoms with van der Waals surface area (Å²) < 4.78 is 20.6. The third-order valence-electron chi connectivity index (χ3n) is 8.83. The summed E-state index contributed by atoms with van der Waals surface area (Å²) in [4.78, 5) is 74.0. The molecule has 7 aromatic carbocycles. The Kier molecular flexibility index (Phi) is 6.18. The Hall–Kier alpha value is -7.20. The van der Waals surface area contributed by atoms with Gasteiger partial charge in [-0.05, 0) is 140 Å². The normalized spacial score (nSPS) is 13.4. The molecule has 0 N–H and O–H groups in total. The van der Waals surface area contributed by atoms with E-state index in [-0.39, 0.29) is 33.8 Å². The van der Waals surface area contributed by atoms with E-state index < -0.39 is 35.8 Å². The van der Waals surface area contributed by atoms with Crippen molar-refractivity contribution in [3.8, 4) is 11.5 Å². The minimum Gasteiger partial charge on any atom is -0.423 e. The highest BCUT2D eigenvalue weighted by atomic mass is 16.6. The van der Waals surface area contributed by atoms with Crippen LogP contribution >= 0.6 is 0 Å². The number of cyclic esters (lactones) is 4. The number of carbonyl (C=O) groups is 6. The van der Waals surface area contributed by atoms with E-state index in [1.807, 2.05) is 24.3 Å². The van der Waals surface area contributed by atoms with Crippen molar-refractivity contribution in [3.05, 3.63) is 143 Å². The number of hydrogen-bond acceptors (Lipinski definition) is 10. The van der Waals surface area contributed by atoms with Gasteiger partial charge in [0.1, 0.15) is 11.5 Å². The van der Waals surface area contributed by atoms with Crippen LogP contribution in [0.25, 0.3) is 43.1 Å². The lowest BCUT2D eigenvalue weighted by molar-refractivity contribution is 0.0425. The second-order valence-corrected chi connectivity index (χ2v) is 11.9. The van der Waals surface area contributed by atoms with Crippen LogP contribution in [0.1, 0.15) is 62.1 Å². The van der Waals surface area contributed by atoms with Crippen molar-refractivity contribution in [1.82, 2.24) is 0 Å². The molecule has 50 heavy (non-hydrogen) atoms. The summed E-state index contributed by atoms with van der Waals surface area (Å²) in [6.45, 7) is 0. The molecule has 0 aromatic heterocycles. The van der Waals surface area contributed by atoms with Gasteiger partial charge < -0.3 is 18.9 Å². The predicted octanol–water partition coefficient (Wildman–Crippen LogP) is 7.36. The van der Waals surface area contributed by atoms with Crippen LogP contribution in [-0.4, -0.2) is 35.8 Å². The second-order valence-electron chi connectivity index (χ2n) is 11.9. The fraction of sp³-hybridized carbons (Fsp3) is 0. The molecule has 0 amide bonds. The molecule has 9 rings (SSSR count). The van der Waals surface area contributed by atoms with Gasteiger partial charge in [-0.2, -0.15) is 0 Å². The maximum atomic E-state index is 13.0. The first-order valence-corrected chi connectivity index (χ1v) is 15.3. The number of carbonyl (C=O) groups excluding carboxylic acids is 6. The van der Waals surface area contributed by atoms with E-state index in [0.717, 1.165) is 32.3 Å². The van der Waals surface area contributed by atoms with Crippen LogP contribution in [0.15, 0.2) is 109 Å². The van der Waals surface area contributed by atoms with Crippen LogP contribution in [0, 0.1) is 0 Å². The molecule has 2 aliphatic heterocycles. The lowest BCUT2D eigenvalue weighted by Crippen LogP contribution is -2.09. The molecule has 0 atom stereocenters. The molecule has 7 aromatic rings. The second kappa shape index (κ2) is 10.7. The molecule has 0 fully saturated rings. The maximum Gasteiger partial charge on any atom is 0.346 e. The first-order chi connectivity index (χ1) is 24.2. The van der Waals surface area contributed by atoms with Crippen LogP contribution < -0.4 is 9.47 Å². The van der Waals surface area contributed by atoms with Gasteiger partial charge in [-0.15, -0.1) is 0 Å². The van der Waals surface area contributed by atoms with Crippen LogP contribution in [-0.2, 0) is 9.47 Å². The van der Waals surface area contributed by atoms with Crippen molar-refractivity contribution >= 4 is 78.9 Å². The van der Waals surface area contributed by atoms with Crippen molar-refractivity contribution in [3.63, 3.8) is 0 Å². The third kappa shape index (κ3) is 4.74. The number of fused-ring (bicyclic) bond motifs is 6. The number of hydrogen-bond donors (Lipinski definition) is 0. The highest BCUT2D eigenvalue weighted by Gasteiger charge is 2.31. The van der Waals surface area contributed by atoms with E-state index in [2.05, 4.69) is 0 Å². The fourth-order valence-corrected chi connectivity index (χ4v) is 6.32. The number of benzene rings is 7. The highest BCUT2D eigenvalue weighted by Crippen LogP contribution is 2.32. The highest BCUT2D eigenvalue weighted by molar-refractivity contribution is 6.19. The van der Waals surface area contributed by atoms with Gasteiger partial charge in [0.25, 0.3) is 0 Å². The predicted molar refractivity (Wildman–Crippen MR) is 179 cm³/mol. The standard InChI is InChI=1S/C40H18O10/c41-35(21-3-1-19-9-25-15-31-33(39(45)49-37(31)43)17-27(25)13-23(19)11-21)47-29-5-7-30(8-6-29)48-36(42)22-4-2-20-10-26-16-32-34(40(46)50-38(32)44)18-28(26)14-24(20)12-22/h1-18H. The lowest BCUT2D eigenvalue weighted by Gasteiger charge is -2.09. The van der Waals surface area contributed by atoms with E-state index in [1.54, 1.807) is 60.7 Å². The van der Waals surface area contributed by atoms with E-state index in [9.17, 15) is 28.8 Å². The molecule has 10 heteroatoms. The molecule has 238 valence electrons. The topological polar surface area (TPSA) is 139 Å². The Bertz CT molecular complexity index is 2570. The Balaban J connectivity index is 0.905. The summed E-state index contributed by atoms with van der Waals surface area (Å²) in [6.07, 6.45) is 0. The molecule has 0 saturated carbocycles. The largest absolute Gasteiger partial charge is 0.423 e. The first kappa shape index (κ1) is 29.0. The molecular weight excluding hydrogens is 640 g/mol. The Morgan fingerprint density at radius 1 is 0.360 bits per heavy atom. The molecular formula is C40H18O10. The van der Waals surface area contributed by atoms with Crippen LogP contribution in [0.4, 0.5) is 0 Å². The van der Waals surface area contributed by atoms with Crippen molar-refractivity contribution in [2.45, 2.75) is 0 Å². The zero-order valence-electron chi connectivity index (χ0n) is 25.5. The number of esters is 6. The molecule has 0 unspecified atom stereocenters. The van der Waals surface area contributed by atoms with Gasteiger partial charge in [0.2, 0.25) is 0 Å². The van der Waals surface area contributed by atoms with Gasteiger partial charge in [0, 0.05) is 0 Å². The summed E-state index contributed by atoms with van der Waals surface area (Å²) in [5.74, 6) is -3.44. The molecule has 2 aliphatic rings. The van der Waals surface area contributed by atoms with Crippen molar-refractivity contribution in [2.24, 2.45) is 0 Å². The van der Waals surface area contributed by atoms with Gasteiger partial charge >= 0.3 is 35.8 Å².